The van der Waals surface area contributed by atoms with Crippen LogP contribution < -0.4 is 5.73 Å². The summed E-state index contributed by atoms with van der Waals surface area (Å²) in [6.07, 6.45) is 4.16. The summed E-state index contributed by atoms with van der Waals surface area (Å²) in [5, 5.41) is 8.07. The number of carbonyl (C=O) groups is 1. The van der Waals surface area contributed by atoms with Crippen molar-refractivity contribution in [2.75, 3.05) is 13.1 Å². The third kappa shape index (κ3) is 3.53. The largest absolute Gasteiger partial charge is 0.342 e. The van der Waals surface area contributed by atoms with Crippen molar-refractivity contribution >= 4 is 5.91 Å². The Balaban J connectivity index is 2.01. The fraction of sp³-hybridized carbons (Fsp3) is 0.769. The van der Waals surface area contributed by atoms with Crippen molar-refractivity contribution in [3.8, 4) is 0 Å². The monoisotopic (exact) mass is 265 g/mol. The molecular weight excluding hydrogens is 242 g/mol. The number of aryl methyl sites for hydroxylation is 1. The Kier molecular flexibility index (Phi) is 3.89. The van der Waals surface area contributed by atoms with Crippen LogP contribution in [0.1, 0.15) is 44.9 Å². The predicted molar refractivity (Wildman–Crippen MR) is 72.4 cm³/mol. The van der Waals surface area contributed by atoms with Crippen LogP contribution in [0, 0.1) is 0 Å². The number of nitrogens with two attached hydrogens (primary N) is 1. The number of aromatic nitrogens is 3. The fourth-order valence-electron chi connectivity index (χ4n) is 2.58. The molecule has 1 unspecified atom stereocenters. The van der Waals surface area contributed by atoms with E-state index < -0.39 is 5.54 Å². The maximum atomic E-state index is 12.2. The Morgan fingerprint density at radius 3 is 2.89 bits per heavy atom. The topological polar surface area (TPSA) is 77.0 Å². The van der Waals surface area contributed by atoms with Crippen LogP contribution in [0.25, 0.3) is 0 Å². The van der Waals surface area contributed by atoms with Crippen molar-refractivity contribution in [3.05, 3.63) is 12.2 Å². The number of hydrogen-bond donors (Lipinski definition) is 1. The Labute approximate surface area is 114 Å². The van der Waals surface area contributed by atoms with Crippen molar-refractivity contribution in [2.45, 2.75) is 44.6 Å². The number of rotatable bonds is 3. The van der Waals surface area contributed by atoms with E-state index in [1.165, 1.54) is 0 Å². The molecule has 6 heteroatoms. The van der Waals surface area contributed by atoms with E-state index >= 15 is 0 Å². The van der Waals surface area contributed by atoms with E-state index in [0.717, 1.165) is 31.8 Å². The SMILES string of the molecule is Cn1cnnc1C1CCCN(C(=O)CC(C)(C)N)C1. The van der Waals surface area contributed by atoms with Crippen molar-refractivity contribution in [3.63, 3.8) is 0 Å². The van der Waals surface area contributed by atoms with Gasteiger partial charge in [-0.2, -0.15) is 0 Å². The summed E-state index contributed by atoms with van der Waals surface area (Å²) in [5.41, 5.74) is 5.47. The maximum absolute atomic E-state index is 12.2. The smallest absolute Gasteiger partial charge is 0.224 e. The molecule has 2 heterocycles. The minimum atomic E-state index is -0.450. The minimum Gasteiger partial charge on any atom is -0.342 e. The highest BCUT2D eigenvalue weighted by molar-refractivity contribution is 5.77. The highest BCUT2D eigenvalue weighted by atomic mass is 16.2. The van der Waals surface area contributed by atoms with Crippen LogP contribution in [0.5, 0.6) is 0 Å². The highest BCUT2D eigenvalue weighted by Crippen LogP contribution is 2.25. The van der Waals surface area contributed by atoms with Crippen molar-refractivity contribution < 1.29 is 4.79 Å². The van der Waals surface area contributed by atoms with Gasteiger partial charge in [-0.25, -0.2) is 0 Å². The molecular formula is C13H23N5O. The van der Waals surface area contributed by atoms with Crippen LogP contribution in [-0.2, 0) is 11.8 Å². The molecule has 6 nitrogen and oxygen atoms in total. The number of amides is 1. The predicted octanol–water partition coefficient (Wildman–Crippen LogP) is 0.648. The first-order valence-electron chi connectivity index (χ1n) is 6.77. The standard InChI is InChI=1S/C13H23N5O/c1-13(2,14)7-11(19)18-6-4-5-10(8-18)12-16-15-9-17(12)3/h9-10H,4-8,14H2,1-3H3. The number of nitrogens with zero attached hydrogens (tertiary/aromatic N) is 4. The van der Waals surface area contributed by atoms with Gasteiger partial charge in [0.1, 0.15) is 12.2 Å². The van der Waals surface area contributed by atoms with Crippen molar-refractivity contribution in [2.24, 2.45) is 12.8 Å². The molecule has 0 spiro atoms. The van der Waals surface area contributed by atoms with Gasteiger partial charge in [0.25, 0.3) is 0 Å². The average Bonchev–Trinajstić information content (AvgIpc) is 2.73. The Hall–Kier alpha value is -1.43. The lowest BCUT2D eigenvalue weighted by Gasteiger charge is -2.33. The van der Waals surface area contributed by atoms with Gasteiger partial charge in [0, 0.05) is 38.0 Å². The summed E-state index contributed by atoms with van der Waals surface area (Å²) in [7, 11) is 1.94. The lowest BCUT2D eigenvalue weighted by Crippen LogP contribution is -2.45. The van der Waals surface area contributed by atoms with Crippen LogP contribution in [-0.4, -0.2) is 44.2 Å². The van der Waals surface area contributed by atoms with E-state index in [2.05, 4.69) is 10.2 Å². The molecule has 106 valence electrons. The zero-order valence-electron chi connectivity index (χ0n) is 12.0. The molecule has 1 aliphatic heterocycles. The average molecular weight is 265 g/mol. The maximum Gasteiger partial charge on any atom is 0.224 e. The van der Waals surface area contributed by atoms with Gasteiger partial charge in [0.05, 0.1) is 0 Å². The molecule has 0 aromatic carbocycles. The molecule has 1 aromatic heterocycles. The molecule has 1 aliphatic rings. The minimum absolute atomic E-state index is 0.138. The van der Waals surface area contributed by atoms with E-state index in [1.807, 2.05) is 30.4 Å². The quantitative estimate of drug-likeness (QED) is 0.870. The second-order valence-electron chi connectivity index (χ2n) is 6.14. The molecule has 19 heavy (non-hydrogen) atoms. The molecule has 1 amide bonds. The molecule has 0 bridgehead atoms. The molecule has 0 radical (unpaired) electrons. The van der Waals surface area contributed by atoms with Gasteiger partial charge in [0.15, 0.2) is 0 Å². The molecule has 0 saturated carbocycles. The van der Waals surface area contributed by atoms with E-state index in [9.17, 15) is 4.79 Å². The van der Waals surface area contributed by atoms with Crippen molar-refractivity contribution in [1.82, 2.24) is 19.7 Å². The van der Waals surface area contributed by atoms with E-state index in [0.29, 0.717) is 6.42 Å². The first-order valence-corrected chi connectivity index (χ1v) is 6.77. The molecule has 2 N–H and O–H groups in total. The summed E-state index contributed by atoms with van der Waals surface area (Å²) in [6.45, 7) is 5.31. The van der Waals surface area contributed by atoms with Gasteiger partial charge in [-0.15, -0.1) is 10.2 Å². The lowest BCUT2D eigenvalue weighted by molar-refractivity contribution is -0.133. The summed E-state index contributed by atoms with van der Waals surface area (Å²) >= 11 is 0. The van der Waals surface area contributed by atoms with Gasteiger partial charge < -0.3 is 15.2 Å². The summed E-state index contributed by atoms with van der Waals surface area (Å²) < 4.78 is 1.94. The summed E-state index contributed by atoms with van der Waals surface area (Å²) in [4.78, 5) is 14.1. The molecule has 1 aromatic rings. The fourth-order valence-corrected chi connectivity index (χ4v) is 2.58. The first-order chi connectivity index (χ1) is 8.87. The number of carbonyl (C=O) groups excluding carboxylic acids is 1. The van der Waals surface area contributed by atoms with Crippen LogP contribution in [0.3, 0.4) is 0 Å². The zero-order valence-corrected chi connectivity index (χ0v) is 12.0. The van der Waals surface area contributed by atoms with Gasteiger partial charge in [-0.05, 0) is 26.7 Å². The van der Waals surface area contributed by atoms with E-state index in [4.69, 9.17) is 5.73 Å². The number of hydrogen-bond acceptors (Lipinski definition) is 4. The first kappa shape index (κ1) is 14.0. The third-order valence-electron chi connectivity index (χ3n) is 3.49. The van der Waals surface area contributed by atoms with Gasteiger partial charge in [0.2, 0.25) is 5.91 Å². The van der Waals surface area contributed by atoms with Gasteiger partial charge in [-0.3, -0.25) is 4.79 Å². The van der Waals surface area contributed by atoms with Crippen LogP contribution in [0.4, 0.5) is 0 Å². The summed E-state index contributed by atoms with van der Waals surface area (Å²) in [5.74, 6) is 1.38. The van der Waals surface area contributed by atoms with E-state index in [1.54, 1.807) is 6.33 Å². The normalized spacial score (nSPS) is 20.6. The molecule has 1 atom stereocenters. The van der Waals surface area contributed by atoms with Crippen LogP contribution in [0.2, 0.25) is 0 Å². The van der Waals surface area contributed by atoms with Crippen molar-refractivity contribution in [1.29, 1.82) is 0 Å². The lowest BCUT2D eigenvalue weighted by atomic mass is 9.95. The Morgan fingerprint density at radius 2 is 2.32 bits per heavy atom. The highest BCUT2D eigenvalue weighted by Gasteiger charge is 2.29. The molecule has 2 rings (SSSR count). The zero-order chi connectivity index (χ0) is 14.0. The number of likely N-dealkylation sites (tertiary alicyclic amines) is 1. The van der Waals surface area contributed by atoms with E-state index in [-0.39, 0.29) is 11.8 Å². The Bertz CT molecular complexity index is 448. The summed E-state index contributed by atoms with van der Waals surface area (Å²) in [6, 6.07) is 0. The number of piperidine rings is 1. The third-order valence-corrected chi connectivity index (χ3v) is 3.49. The van der Waals surface area contributed by atoms with Gasteiger partial charge >= 0.3 is 0 Å². The molecule has 0 aliphatic carbocycles. The molecule has 1 saturated heterocycles. The second-order valence-corrected chi connectivity index (χ2v) is 6.14. The molecule has 1 fully saturated rings. The van der Waals surface area contributed by atoms with Crippen LogP contribution in [0.15, 0.2) is 6.33 Å². The van der Waals surface area contributed by atoms with Crippen LogP contribution >= 0.6 is 0 Å². The second kappa shape index (κ2) is 5.28. The van der Waals surface area contributed by atoms with Gasteiger partial charge in [-0.1, -0.05) is 0 Å². The Morgan fingerprint density at radius 1 is 1.58 bits per heavy atom.